The Kier molecular flexibility index (Phi) is 2.48. The van der Waals surface area contributed by atoms with Crippen LogP contribution in [0.5, 0.6) is 0 Å². The maximum absolute atomic E-state index is 12.8. The van der Waals surface area contributed by atoms with E-state index in [9.17, 15) is 4.39 Å². The van der Waals surface area contributed by atoms with Crippen molar-refractivity contribution in [2.24, 2.45) is 0 Å². The molecule has 0 spiro atoms. The molecule has 0 aliphatic carbocycles. The number of pyridine rings is 1. The van der Waals surface area contributed by atoms with Gasteiger partial charge in [0.25, 0.3) is 0 Å². The summed E-state index contributed by atoms with van der Waals surface area (Å²) in [5.74, 6) is -0.279. The molecule has 0 aromatic carbocycles. The molecule has 14 heavy (non-hydrogen) atoms. The molecule has 0 saturated heterocycles. The average molecular weight is 192 g/mol. The average Bonchev–Trinajstić information content (AvgIpc) is 2.56. The monoisotopic (exact) mass is 192 g/mol. The lowest BCUT2D eigenvalue weighted by Crippen LogP contribution is -1.83. The van der Waals surface area contributed by atoms with E-state index >= 15 is 0 Å². The third-order valence-corrected chi connectivity index (χ3v) is 2.29. The van der Waals surface area contributed by atoms with Crippen LogP contribution < -0.4 is 0 Å². The molecule has 2 aromatic rings. The molecule has 74 valence electrons. The van der Waals surface area contributed by atoms with Crippen molar-refractivity contribution in [2.75, 3.05) is 0 Å². The van der Waals surface area contributed by atoms with Crippen LogP contribution in [0.4, 0.5) is 4.39 Å². The third kappa shape index (κ3) is 1.76. The van der Waals surface area contributed by atoms with Gasteiger partial charge in [-0.2, -0.15) is 0 Å². The van der Waals surface area contributed by atoms with Crippen LogP contribution in [-0.2, 0) is 6.42 Å². The predicted molar refractivity (Wildman–Crippen MR) is 54.7 cm³/mol. The van der Waals surface area contributed by atoms with E-state index in [0.29, 0.717) is 0 Å². The first-order chi connectivity index (χ1) is 6.79. The summed E-state index contributed by atoms with van der Waals surface area (Å²) in [6.45, 7) is 2.15. The first-order valence-corrected chi connectivity index (χ1v) is 4.92. The minimum Gasteiger partial charge on any atom is -0.343 e. The maximum atomic E-state index is 12.8. The molecule has 2 heterocycles. The highest BCUT2D eigenvalue weighted by Crippen LogP contribution is 2.15. The lowest BCUT2D eigenvalue weighted by molar-refractivity contribution is 0.624. The van der Waals surface area contributed by atoms with Crippen molar-refractivity contribution < 1.29 is 4.39 Å². The fourth-order valence-corrected chi connectivity index (χ4v) is 1.55. The molecule has 2 nitrogen and oxygen atoms in total. The van der Waals surface area contributed by atoms with Crippen molar-refractivity contribution in [3.8, 4) is 0 Å². The van der Waals surface area contributed by atoms with E-state index in [1.165, 1.54) is 12.3 Å². The van der Waals surface area contributed by atoms with Gasteiger partial charge in [0.2, 0.25) is 0 Å². The van der Waals surface area contributed by atoms with Crippen molar-refractivity contribution >= 4 is 11.0 Å². The molecule has 3 heteroatoms. The van der Waals surface area contributed by atoms with E-state index in [1.807, 2.05) is 6.07 Å². The van der Waals surface area contributed by atoms with Crippen LogP contribution in [0.3, 0.4) is 0 Å². The van der Waals surface area contributed by atoms with Gasteiger partial charge in [-0.15, -0.1) is 0 Å². The fraction of sp³-hybridized carbons (Fsp3) is 0.364. The molecular formula is C11H13FN2. The van der Waals surface area contributed by atoms with Crippen LogP contribution in [0, 0.1) is 5.82 Å². The molecule has 2 aromatic heterocycles. The highest BCUT2D eigenvalue weighted by atomic mass is 19.1. The predicted octanol–water partition coefficient (Wildman–Crippen LogP) is 3.04. The quantitative estimate of drug-likeness (QED) is 0.795. The molecule has 0 aliphatic rings. The number of aromatic amines is 1. The lowest BCUT2D eigenvalue weighted by atomic mass is 10.2. The van der Waals surface area contributed by atoms with Gasteiger partial charge in [0, 0.05) is 11.1 Å². The summed E-state index contributed by atoms with van der Waals surface area (Å²) in [6.07, 6.45) is 4.56. The molecule has 0 fully saturated rings. The first-order valence-electron chi connectivity index (χ1n) is 4.92. The molecule has 2 rings (SSSR count). The summed E-state index contributed by atoms with van der Waals surface area (Å²) in [6, 6.07) is 3.48. The molecule has 0 saturated carbocycles. The summed E-state index contributed by atoms with van der Waals surface area (Å²) in [7, 11) is 0. The summed E-state index contributed by atoms with van der Waals surface area (Å²) in [5.41, 5.74) is 1.91. The number of H-pyrrole nitrogens is 1. The Hall–Kier alpha value is -1.38. The van der Waals surface area contributed by atoms with E-state index in [4.69, 9.17) is 0 Å². The fourth-order valence-electron chi connectivity index (χ4n) is 1.55. The van der Waals surface area contributed by atoms with Gasteiger partial charge >= 0.3 is 0 Å². The standard InChI is InChI=1S/C11H13FN2/c1-2-3-4-10-6-8-5-9(12)7-13-11(8)14-10/h5-7H,2-4H2,1H3,(H,13,14). The number of hydrogen-bond donors (Lipinski definition) is 1. The van der Waals surface area contributed by atoms with Gasteiger partial charge in [-0.25, -0.2) is 9.37 Å². The number of rotatable bonds is 3. The largest absolute Gasteiger partial charge is 0.343 e. The number of aromatic nitrogens is 2. The van der Waals surface area contributed by atoms with Gasteiger partial charge in [-0.3, -0.25) is 0 Å². The minimum absolute atomic E-state index is 0.279. The molecule has 0 unspecified atom stereocenters. The van der Waals surface area contributed by atoms with E-state index in [1.54, 1.807) is 0 Å². The first kappa shape index (κ1) is 9.19. The van der Waals surface area contributed by atoms with Crippen LogP contribution in [0.15, 0.2) is 18.3 Å². The number of nitrogens with one attached hydrogen (secondary N) is 1. The Balaban J connectivity index is 2.32. The van der Waals surface area contributed by atoms with Gasteiger partial charge in [-0.05, 0) is 25.0 Å². The zero-order valence-electron chi connectivity index (χ0n) is 8.18. The third-order valence-electron chi connectivity index (χ3n) is 2.29. The number of hydrogen-bond acceptors (Lipinski definition) is 1. The molecule has 1 N–H and O–H groups in total. The Bertz CT molecular complexity index is 434. The highest BCUT2D eigenvalue weighted by Gasteiger charge is 2.02. The zero-order chi connectivity index (χ0) is 9.97. The van der Waals surface area contributed by atoms with Crippen LogP contribution in [0.2, 0.25) is 0 Å². The van der Waals surface area contributed by atoms with Crippen molar-refractivity contribution in [3.05, 3.63) is 29.8 Å². The van der Waals surface area contributed by atoms with E-state index in [0.717, 1.165) is 36.0 Å². The SMILES string of the molecule is CCCCc1cc2cc(F)cnc2[nH]1. The Morgan fingerprint density at radius 3 is 3.07 bits per heavy atom. The zero-order valence-corrected chi connectivity index (χ0v) is 8.18. The molecule has 0 bridgehead atoms. The van der Waals surface area contributed by atoms with Crippen molar-refractivity contribution in [1.82, 2.24) is 9.97 Å². The molecule has 0 radical (unpaired) electrons. The minimum atomic E-state index is -0.279. The van der Waals surface area contributed by atoms with E-state index in [2.05, 4.69) is 16.9 Å². The smallest absolute Gasteiger partial charge is 0.142 e. The lowest BCUT2D eigenvalue weighted by Gasteiger charge is -1.92. The normalized spacial score (nSPS) is 11.0. The topological polar surface area (TPSA) is 28.7 Å². The second-order valence-corrected chi connectivity index (χ2v) is 3.49. The Labute approximate surface area is 82.2 Å². The van der Waals surface area contributed by atoms with E-state index in [-0.39, 0.29) is 5.82 Å². The molecular weight excluding hydrogens is 179 g/mol. The van der Waals surface area contributed by atoms with Crippen molar-refractivity contribution in [1.29, 1.82) is 0 Å². The Morgan fingerprint density at radius 1 is 1.43 bits per heavy atom. The number of fused-ring (bicyclic) bond motifs is 1. The van der Waals surface area contributed by atoms with Crippen LogP contribution in [0.1, 0.15) is 25.5 Å². The summed E-state index contributed by atoms with van der Waals surface area (Å²) < 4.78 is 12.8. The second-order valence-electron chi connectivity index (χ2n) is 3.49. The summed E-state index contributed by atoms with van der Waals surface area (Å²) >= 11 is 0. The van der Waals surface area contributed by atoms with E-state index < -0.39 is 0 Å². The molecule has 0 aliphatic heterocycles. The van der Waals surface area contributed by atoms with Gasteiger partial charge in [0.1, 0.15) is 11.5 Å². The van der Waals surface area contributed by atoms with Crippen LogP contribution in [0.25, 0.3) is 11.0 Å². The number of unbranched alkanes of at least 4 members (excludes halogenated alkanes) is 1. The summed E-state index contributed by atoms with van der Waals surface area (Å²) in [4.78, 5) is 7.16. The molecule has 0 atom stereocenters. The highest BCUT2D eigenvalue weighted by molar-refractivity contribution is 5.76. The van der Waals surface area contributed by atoms with Crippen molar-refractivity contribution in [2.45, 2.75) is 26.2 Å². The Morgan fingerprint density at radius 2 is 2.29 bits per heavy atom. The van der Waals surface area contributed by atoms with Gasteiger partial charge in [0.15, 0.2) is 0 Å². The number of halogens is 1. The molecule has 0 amide bonds. The van der Waals surface area contributed by atoms with Crippen LogP contribution >= 0.6 is 0 Å². The van der Waals surface area contributed by atoms with Crippen LogP contribution in [-0.4, -0.2) is 9.97 Å². The summed E-state index contributed by atoms with van der Waals surface area (Å²) in [5, 5.41) is 0.858. The van der Waals surface area contributed by atoms with Gasteiger partial charge in [-0.1, -0.05) is 13.3 Å². The second kappa shape index (κ2) is 3.78. The number of aryl methyl sites for hydroxylation is 1. The van der Waals surface area contributed by atoms with Gasteiger partial charge in [0.05, 0.1) is 6.20 Å². The van der Waals surface area contributed by atoms with Crippen molar-refractivity contribution in [3.63, 3.8) is 0 Å². The number of nitrogens with zero attached hydrogens (tertiary/aromatic N) is 1. The maximum Gasteiger partial charge on any atom is 0.142 e. The van der Waals surface area contributed by atoms with Gasteiger partial charge < -0.3 is 4.98 Å².